The Balaban J connectivity index is 1.83. The standard InChI is InChI=1S/C19H31NS/c1-21-16-10-4-9-15-20-19(17-11-5-2-6-12-17)18-13-7-3-8-14-18/h2,5-6,11-12,18-20H,3-4,7-10,13-16H2,1H3. The number of hydrogen-bond acceptors (Lipinski definition) is 2. The van der Waals surface area contributed by atoms with Crippen LogP contribution in [0.1, 0.15) is 63.0 Å². The zero-order chi connectivity index (χ0) is 14.8. The summed E-state index contributed by atoms with van der Waals surface area (Å²) < 4.78 is 0. The van der Waals surface area contributed by atoms with Crippen LogP contribution in [0.25, 0.3) is 0 Å². The van der Waals surface area contributed by atoms with Gasteiger partial charge in [0.05, 0.1) is 0 Å². The molecule has 0 spiro atoms. The van der Waals surface area contributed by atoms with Crippen LogP contribution >= 0.6 is 11.8 Å². The largest absolute Gasteiger partial charge is 0.310 e. The van der Waals surface area contributed by atoms with E-state index >= 15 is 0 Å². The van der Waals surface area contributed by atoms with Crippen molar-refractivity contribution in [2.75, 3.05) is 18.6 Å². The van der Waals surface area contributed by atoms with E-state index in [-0.39, 0.29) is 0 Å². The van der Waals surface area contributed by atoms with E-state index in [1.807, 2.05) is 11.8 Å². The Morgan fingerprint density at radius 1 is 1.05 bits per heavy atom. The van der Waals surface area contributed by atoms with Crippen molar-refractivity contribution in [3.8, 4) is 0 Å². The zero-order valence-electron chi connectivity index (χ0n) is 13.5. The maximum absolute atomic E-state index is 3.88. The van der Waals surface area contributed by atoms with Gasteiger partial charge in [0.1, 0.15) is 0 Å². The molecule has 0 aromatic heterocycles. The summed E-state index contributed by atoms with van der Waals surface area (Å²) in [5.41, 5.74) is 1.49. The maximum Gasteiger partial charge on any atom is 0.0348 e. The van der Waals surface area contributed by atoms with Gasteiger partial charge in [-0.25, -0.2) is 0 Å². The second-order valence-corrected chi connectivity index (χ2v) is 7.28. The summed E-state index contributed by atoms with van der Waals surface area (Å²) in [6.07, 6.45) is 13.3. The van der Waals surface area contributed by atoms with Crippen molar-refractivity contribution < 1.29 is 0 Å². The van der Waals surface area contributed by atoms with Crippen LogP contribution in [0.2, 0.25) is 0 Å². The first-order chi connectivity index (χ1) is 10.4. The second-order valence-electron chi connectivity index (χ2n) is 6.29. The molecule has 1 aromatic rings. The van der Waals surface area contributed by atoms with E-state index in [0.717, 1.165) is 5.92 Å². The Labute approximate surface area is 135 Å². The smallest absolute Gasteiger partial charge is 0.0348 e. The van der Waals surface area contributed by atoms with Gasteiger partial charge in [-0.3, -0.25) is 0 Å². The van der Waals surface area contributed by atoms with Crippen LogP contribution in [-0.2, 0) is 0 Å². The molecule has 2 heteroatoms. The fourth-order valence-electron chi connectivity index (χ4n) is 3.49. The molecule has 1 aliphatic rings. The van der Waals surface area contributed by atoms with Crippen molar-refractivity contribution in [1.82, 2.24) is 5.32 Å². The van der Waals surface area contributed by atoms with Crippen molar-refractivity contribution in [3.05, 3.63) is 35.9 Å². The highest BCUT2D eigenvalue weighted by molar-refractivity contribution is 7.98. The highest BCUT2D eigenvalue weighted by Gasteiger charge is 2.24. The summed E-state index contributed by atoms with van der Waals surface area (Å²) in [5, 5.41) is 3.88. The lowest BCUT2D eigenvalue weighted by atomic mass is 9.81. The van der Waals surface area contributed by atoms with Gasteiger partial charge in [0.25, 0.3) is 0 Å². The SMILES string of the molecule is CSCCCCCNC(c1ccccc1)C1CCCCC1. The van der Waals surface area contributed by atoms with E-state index < -0.39 is 0 Å². The lowest BCUT2D eigenvalue weighted by Gasteiger charge is -2.31. The van der Waals surface area contributed by atoms with Crippen molar-refractivity contribution in [1.29, 1.82) is 0 Å². The third-order valence-corrected chi connectivity index (χ3v) is 5.37. The lowest BCUT2D eigenvalue weighted by molar-refractivity contribution is 0.270. The van der Waals surface area contributed by atoms with E-state index in [1.54, 1.807) is 0 Å². The van der Waals surface area contributed by atoms with E-state index in [1.165, 1.54) is 69.2 Å². The fourth-order valence-corrected chi connectivity index (χ4v) is 3.98. The van der Waals surface area contributed by atoms with Gasteiger partial charge in [-0.05, 0) is 55.7 Å². The van der Waals surface area contributed by atoms with Gasteiger partial charge in [-0.2, -0.15) is 11.8 Å². The molecular formula is C19H31NS. The van der Waals surface area contributed by atoms with Crippen LogP contribution in [0.5, 0.6) is 0 Å². The third-order valence-electron chi connectivity index (χ3n) is 4.67. The molecule has 0 aliphatic heterocycles. The lowest BCUT2D eigenvalue weighted by Crippen LogP contribution is -2.30. The van der Waals surface area contributed by atoms with E-state index in [0.29, 0.717) is 6.04 Å². The van der Waals surface area contributed by atoms with Crippen molar-refractivity contribution in [2.45, 2.75) is 57.4 Å². The summed E-state index contributed by atoms with van der Waals surface area (Å²) in [6.45, 7) is 1.17. The molecule has 1 saturated carbocycles. The summed E-state index contributed by atoms with van der Waals surface area (Å²) in [7, 11) is 0. The minimum atomic E-state index is 0.576. The Kier molecular flexibility index (Phi) is 8.28. The minimum absolute atomic E-state index is 0.576. The molecule has 2 rings (SSSR count). The average Bonchev–Trinajstić information content (AvgIpc) is 2.56. The molecule has 0 amide bonds. The van der Waals surface area contributed by atoms with E-state index in [2.05, 4.69) is 41.9 Å². The molecule has 1 aliphatic carbocycles. The van der Waals surface area contributed by atoms with Crippen molar-refractivity contribution in [2.24, 2.45) is 5.92 Å². The highest BCUT2D eigenvalue weighted by atomic mass is 32.2. The summed E-state index contributed by atoms with van der Waals surface area (Å²) in [4.78, 5) is 0. The molecule has 21 heavy (non-hydrogen) atoms. The normalized spacial score (nSPS) is 17.8. The maximum atomic E-state index is 3.88. The number of benzene rings is 1. The predicted molar refractivity (Wildman–Crippen MR) is 96.0 cm³/mol. The number of nitrogens with one attached hydrogen (secondary N) is 1. The molecule has 1 atom stereocenters. The van der Waals surface area contributed by atoms with Crippen molar-refractivity contribution in [3.63, 3.8) is 0 Å². The van der Waals surface area contributed by atoms with Gasteiger partial charge >= 0.3 is 0 Å². The molecule has 118 valence electrons. The number of rotatable bonds is 9. The average molecular weight is 306 g/mol. The minimum Gasteiger partial charge on any atom is -0.310 e. The quantitative estimate of drug-likeness (QED) is 0.610. The summed E-state index contributed by atoms with van der Waals surface area (Å²) in [6, 6.07) is 11.7. The molecular weight excluding hydrogens is 274 g/mol. The number of hydrogen-bond donors (Lipinski definition) is 1. The van der Waals surface area contributed by atoms with Crippen LogP contribution in [0.3, 0.4) is 0 Å². The molecule has 1 unspecified atom stereocenters. The Hall–Kier alpha value is -0.470. The van der Waals surface area contributed by atoms with Crippen LogP contribution in [0.15, 0.2) is 30.3 Å². The number of unbranched alkanes of at least 4 members (excludes halogenated alkanes) is 2. The molecule has 0 heterocycles. The van der Waals surface area contributed by atoms with Gasteiger partial charge in [-0.15, -0.1) is 0 Å². The van der Waals surface area contributed by atoms with Gasteiger partial charge in [-0.1, -0.05) is 56.0 Å². The predicted octanol–water partition coefficient (Wildman–Crippen LogP) is 5.43. The van der Waals surface area contributed by atoms with Gasteiger partial charge in [0.2, 0.25) is 0 Å². The van der Waals surface area contributed by atoms with Crippen molar-refractivity contribution >= 4 is 11.8 Å². The van der Waals surface area contributed by atoms with E-state index in [4.69, 9.17) is 0 Å². The topological polar surface area (TPSA) is 12.0 Å². The van der Waals surface area contributed by atoms with Crippen LogP contribution in [0, 0.1) is 5.92 Å². The van der Waals surface area contributed by atoms with Crippen LogP contribution < -0.4 is 5.32 Å². The molecule has 1 aromatic carbocycles. The molecule has 1 nitrogen and oxygen atoms in total. The Bertz CT molecular complexity index is 359. The van der Waals surface area contributed by atoms with Gasteiger partial charge in [0, 0.05) is 6.04 Å². The first-order valence-corrected chi connectivity index (χ1v) is 10.1. The van der Waals surface area contributed by atoms with Crippen LogP contribution in [-0.4, -0.2) is 18.6 Å². The highest BCUT2D eigenvalue weighted by Crippen LogP contribution is 2.34. The monoisotopic (exact) mass is 305 g/mol. The molecule has 0 saturated heterocycles. The zero-order valence-corrected chi connectivity index (χ0v) is 14.3. The Morgan fingerprint density at radius 2 is 1.81 bits per heavy atom. The molecule has 1 fully saturated rings. The first kappa shape index (κ1) is 16.9. The first-order valence-electron chi connectivity index (χ1n) is 8.69. The van der Waals surface area contributed by atoms with Gasteiger partial charge in [0.15, 0.2) is 0 Å². The number of thioether (sulfide) groups is 1. The van der Waals surface area contributed by atoms with E-state index in [9.17, 15) is 0 Å². The summed E-state index contributed by atoms with van der Waals surface area (Å²) in [5.74, 6) is 2.15. The molecule has 0 bridgehead atoms. The fraction of sp³-hybridized carbons (Fsp3) is 0.684. The molecule has 0 radical (unpaired) electrons. The second kappa shape index (κ2) is 10.3. The van der Waals surface area contributed by atoms with Crippen LogP contribution in [0.4, 0.5) is 0 Å². The Morgan fingerprint density at radius 3 is 2.52 bits per heavy atom. The van der Waals surface area contributed by atoms with Gasteiger partial charge < -0.3 is 5.32 Å². The third kappa shape index (κ3) is 6.04. The molecule has 1 N–H and O–H groups in total. The summed E-state index contributed by atoms with van der Waals surface area (Å²) >= 11 is 1.97.